The molecule has 1 saturated heterocycles. The summed E-state index contributed by atoms with van der Waals surface area (Å²) in [6.45, 7) is 6.68. The number of hydrogen-bond donors (Lipinski definition) is 2. The van der Waals surface area contributed by atoms with Crippen LogP contribution in [0.1, 0.15) is 59.4 Å². The van der Waals surface area contributed by atoms with Crippen molar-refractivity contribution >= 4 is 23.2 Å². The summed E-state index contributed by atoms with van der Waals surface area (Å²) in [4.78, 5) is 27.5. The van der Waals surface area contributed by atoms with Crippen LogP contribution in [0.4, 0.5) is 11.4 Å². The van der Waals surface area contributed by atoms with Crippen LogP contribution in [0, 0.1) is 0 Å². The summed E-state index contributed by atoms with van der Waals surface area (Å²) >= 11 is 0. The first-order valence-corrected chi connectivity index (χ1v) is 10.2. The molecule has 1 aliphatic rings. The fourth-order valence-electron chi connectivity index (χ4n) is 3.46. The predicted molar refractivity (Wildman–Crippen MR) is 114 cm³/mol. The van der Waals surface area contributed by atoms with E-state index in [9.17, 15) is 9.59 Å². The average molecular weight is 380 g/mol. The molecule has 1 heterocycles. The van der Waals surface area contributed by atoms with E-state index in [1.807, 2.05) is 43.3 Å². The van der Waals surface area contributed by atoms with Crippen molar-refractivity contribution in [1.82, 2.24) is 5.32 Å². The summed E-state index contributed by atoms with van der Waals surface area (Å²) < 4.78 is 0. The molecule has 28 heavy (non-hydrogen) atoms. The van der Waals surface area contributed by atoms with Crippen molar-refractivity contribution in [1.29, 1.82) is 0 Å². The molecule has 0 aromatic heterocycles. The van der Waals surface area contributed by atoms with Gasteiger partial charge in [-0.05, 0) is 61.6 Å². The number of carbonyl (C=O) groups is 2. The lowest BCUT2D eigenvalue weighted by atomic mass is 10.1. The Morgan fingerprint density at radius 3 is 2.32 bits per heavy atom. The molecule has 2 amide bonds. The van der Waals surface area contributed by atoms with Crippen LogP contribution in [-0.4, -0.2) is 31.4 Å². The van der Waals surface area contributed by atoms with Gasteiger partial charge in [-0.3, -0.25) is 9.59 Å². The van der Waals surface area contributed by atoms with Crippen LogP contribution in [0.5, 0.6) is 0 Å². The van der Waals surface area contributed by atoms with Gasteiger partial charge in [0.15, 0.2) is 0 Å². The van der Waals surface area contributed by atoms with Gasteiger partial charge in [-0.1, -0.05) is 26.0 Å². The van der Waals surface area contributed by atoms with Gasteiger partial charge in [-0.2, -0.15) is 0 Å². The normalized spacial score (nSPS) is 13.4. The van der Waals surface area contributed by atoms with Crippen molar-refractivity contribution in [2.24, 2.45) is 0 Å². The van der Waals surface area contributed by atoms with Gasteiger partial charge < -0.3 is 15.5 Å². The zero-order valence-electron chi connectivity index (χ0n) is 16.8. The zero-order valence-corrected chi connectivity index (χ0v) is 16.8. The van der Waals surface area contributed by atoms with Gasteiger partial charge in [-0.25, -0.2) is 0 Å². The van der Waals surface area contributed by atoms with E-state index in [0.29, 0.717) is 23.4 Å². The molecule has 0 saturated carbocycles. The zero-order chi connectivity index (χ0) is 19.9. The second kappa shape index (κ2) is 9.40. The number of rotatable bonds is 7. The molecule has 2 aromatic carbocycles. The molecule has 148 valence electrons. The van der Waals surface area contributed by atoms with E-state index in [1.165, 1.54) is 5.56 Å². The summed E-state index contributed by atoms with van der Waals surface area (Å²) in [5.74, 6) is -0.261. The van der Waals surface area contributed by atoms with E-state index >= 15 is 0 Å². The minimum Gasteiger partial charge on any atom is -0.371 e. The maximum Gasteiger partial charge on any atom is 0.255 e. The molecular weight excluding hydrogens is 350 g/mol. The Labute approximate surface area is 167 Å². The maximum atomic E-state index is 12.7. The molecule has 0 unspecified atom stereocenters. The Morgan fingerprint density at radius 2 is 1.68 bits per heavy atom. The van der Waals surface area contributed by atoms with Crippen molar-refractivity contribution in [3.8, 4) is 0 Å². The molecular formula is C23H29N3O2. The monoisotopic (exact) mass is 379 g/mol. The summed E-state index contributed by atoms with van der Waals surface area (Å²) in [5.41, 5.74) is 4.00. The minimum absolute atomic E-state index is 0.0906. The van der Waals surface area contributed by atoms with Crippen molar-refractivity contribution in [2.45, 2.75) is 39.5 Å². The third-order valence-electron chi connectivity index (χ3n) is 5.11. The number of nitrogens with one attached hydrogen (secondary N) is 2. The fourth-order valence-corrected chi connectivity index (χ4v) is 3.46. The van der Waals surface area contributed by atoms with Crippen LogP contribution < -0.4 is 15.5 Å². The number of benzene rings is 2. The second-order valence-electron chi connectivity index (χ2n) is 7.19. The summed E-state index contributed by atoms with van der Waals surface area (Å²) in [6.07, 6.45) is 4.11. The van der Waals surface area contributed by atoms with E-state index < -0.39 is 0 Å². The van der Waals surface area contributed by atoms with E-state index in [-0.39, 0.29) is 11.8 Å². The Hall–Kier alpha value is -2.82. The van der Waals surface area contributed by atoms with Gasteiger partial charge in [0.05, 0.1) is 5.56 Å². The quantitative estimate of drug-likeness (QED) is 0.756. The molecule has 3 rings (SSSR count). The first-order valence-electron chi connectivity index (χ1n) is 10.2. The summed E-state index contributed by atoms with van der Waals surface area (Å²) in [7, 11) is 0. The lowest BCUT2D eigenvalue weighted by molar-refractivity contribution is 0.0952. The molecule has 5 heteroatoms. The molecule has 2 aromatic rings. The number of amides is 2. The Balaban J connectivity index is 1.82. The molecule has 0 spiro atoms. The van der Waals surface area contributed by atoms with Gasteiger partial charge in [0.25, 0.3) is 11.8 Å². The smallest absolute Gasteiger partial charge is 0.255 e. The summed E-state index contributed by atoms with van der Waals surface area (Å²) in [6, 6.07) is 13.2. The maximum absolute atomic E-state index is 12.7. The van der Waals surface area contributed by atoms with E-state index in [0.717, 1.165) is 44.5 Å². The SMILES string of the molecule is CCCNC(=O)c1cc(NC(=O)c2ccc(CC)cc2)ccc1N1CCCC1. The Bertz CT molecular complexity index is 824. The number of nitrogens with zero attached hydrogens (tertiary/aromatic N) is 1. The van der Waals surface area contributed by atoms with Crippen LogP contribution in [0.3, 0.4) is 0 Å². The topological polar surface area (TPSA) is 61.4 Å². The highest BCUT2D eigenvalue weighted by Crippen LogP contribution is 2.28. The minimum atomic E-state index is -0.170. The molecule has 5 nitrogen and oxygen atoms in total. The van der Waals surface area contributed by atoms with E-state index in [2.05, 4.69) is 22.5 Å². The largest absolute Gasteiger partial charge is 0.371 e. The Morgan fingerprint density at radius 1 is 0.964 bits per heavy atom. The van der Waals surface area contributed by atoms with Gasteiger partial charge in [0, 0.05) is 36.6 Å². The third-order valence-corrected chi connectivity index (χ3v) is 5.11. The molecule has 0 atom stereocenters. The number of aryl methyl sites for hydroxylation is 1. The van der Waals surface area contributed by atoms with Crippen LogP contribution in [0.15, 0.2) is 42.5 Å². The first kappa shape index (κ1) is 19.9. The number of carbonyl (C=O) groups excluding carboxylic acids is 2. The van der Waals surface area contributed by atoms with Crippen LogP contribution in [0.25, 0.3) is 0 Å². The van der Waals surface area contributed by atoms with Crippen LogP contribution in [-0.2, 0) is 6.42 Å². The molecule has 1 fully saturated rings. The molecule has 0 radical (unpaired) electrons. The van der Waals surface area contributed by atoms with Gasteiger partial charge in [0.2, 0.25) is 0 Å². The highest BCUT2D eigenvalue weighted by molar-refractivity contribution is 6.06. The van der Waals surface area contributed by atoms with Crippen LogP contribution in [0.2, 0.25) is 0 Å². The number of anilines is 2. The van der Waals surface area contributed by atoms with Gasteiger partial charge in [0.1, 0.15) is 0 Å². The van der Waals surface area contributed by atoms with Crippen LogP contribution >= 0.6 is 0 Å². The van der Waals surface area contributed by atoms with Crippen molar-refractivity contribution in [2.75, 3.05) is 29.9 Å². The highest BCUT2D eigenvalue weighted by Gasteiger charge is 2.20. The Kier molecular flexibility index (Phi) is 6.69. The second-order valence-corrected chi connectivity index (χ2v) is 7.19. The van der Waals surface area contributed by atoms with Crippen molar-refractivity contribution < 1.29 is 9.59 Å². The molecule has 0 bridgehead atoms. The average Bonchev–Trinajstić information content (AvgIpc) is 3.26. The molecule has 1 aliphatic heterocycles. The van der Waals surface area contributed by atoms with E-state index in [4.69, 9.17) is 0 Å². The van der Waals surface area contributed by atoms with E-state index in [1.54, 1.807) is 6.07 Å². The van der Waals surface area contributed by atoms with Crippen molar-refractivity contribution in [3.05, 3.63) is 59.2 Å². The lowest BCUT2D eigenvalue weighted by Gasteiger charge is -2.22. The first-order chi connectivity index (χ1) is 13.6. The fraction of sp³-hybridized carbons (Fsp3) is 0.391. The van der Waals surface area contributed by atoms with Gasteiger partial charge >= 0.3 is 0 Å². The standard InChI is InChI=1S/C23H29N3O2/c1-3-13-24-23(28)20-16-19(11-12-21(20)26-14-5-6-15-26)25-22(27)18-9-7-17(4-2)8-10-18/h7-12,16H,3-6,13-15H2,1-2H3,(H,24,28)(H,25,27). The predicted octanol–water partition coefficient (Wildman–Crippen LogP) is 4.24. The lowest BCUT2D eigenvalue weighted by Crippen LogP contribution is -2.28. The highest BCUT2D eigenvalue weighted by atomic mass is 16.2. The molecule has 2 N–H and O–H groups in total. The number of hydrogen-bond acceptors (Lipinski definition) is 3. The van der Waals surface area contributed by atoms with Gasteiger partial charge in [-0.15, -0.1) is 0 Å². The molecule has 0 aliphatic carbocycles. The summed E-state index contributed by atoms with van der Waals surface area (Å²) in [5, 5.41) is 5.89. The third kappa shape index (κ3) is 4.71. The van der Waals surface area contributed by atoms with Crippen molar-refractivity contribution in [3.63, 3.8) is 0 Å².